The predicted molar refractivity (Wildman–Crippen MR) is 84.2 cm³/mol. The molecule has 0 radical (unpaired) electrons. The van der Waals surface area contributed by atoms with Gasteiger partial charge in [-0.15, -0.1) is 0 Å². The highest BCUT2D eigenvalue weighted by molar-refractivity contribution is 5.30. The van der Waals surface area contributed by atoms with Crippen LogP contribution in [0.3, 0.4) is 0 Å². The average Bonchev–Trinajstić information content (AvgIpc) is 2.49. The number of benzene rings is 1. The minimum absolute atomic E-state index is 0.539. The van der Waals surface area contributed by atoms with E-state index in [2.05, 4.69) is 48.5 Å². The van der Waals surface area contributed by atoms with Crippen molar-refractivity contribution in [2.45, 2.75) is 32.7 Å². The molecular weight excluding hydrogens is 248 g/mol. The van der Waals surface area contributed by atoms with Gasteiger partial charge < -0.3 is 10.1 Å². The van der Waals surface area contributed by atoms with E-state index in [1.165, 1.54) is 24.9 Å². The van der Waals surface area contributed by atoms with Crippen LogP contribution in [0.15, 0.2) is 24.3 Å². The fourth-order valence-corrected chi connectivity index (χ4v) is 3.39. The second kappa shape index (κ2) is 7.65. The van der Waals surface area contributed by atoms with Gasteiger partial charge in [0.1, 0.15) is 5.75 Å². The van der Waals surface area contributed by atoms with Crippen molar-refractivity contribution >= 4 is 0 Å². The topological polar surface area (TPSA) is 24.5 Å². The van der Waals surface area contributed by atoms with Gasteiger partial charge in [-0.25, -0.2) is 0 Å². The van der Waals surface area contributed by atoms with Crippen molar-refractivity contribution in [2.24, 2.45) is 5.92 Å². The van der Waals surface area contributed by atoms with Crippen molar-refractivity contribution in [3.63, 3.8) is 0 Å². The molecule has 1 aliphatic heterocycles. The zero-order chi connectivity index (χ0) is 14.4. The molecule has 2 rings (SSSR count). The van der Waals surface area contributed by atoms with Crippen molar-refractivity contribution in [3.8, 4) is 5.75 Å². The molecule has 1 fully saturated rings. The second-order valence-electron chi connectivity index (χ2n) is 5.54. The summed E-state index contributed by atoms with van der Waals surface area (Å²) in [5.74, 6) is 1.67. The summed E-state index contributed by atoms with van der Waals surface area (Å²) in [6.45, 7) is 8.45. The Balaban J connectivity index is 2.19. The molecule has 1 aliphatic rings. The molecule has 112 valence electrons. The molecule has 0 spiro atoms. The molecule has 1 N–H and O–H groups in total. The maximum atomic E-state index is 5.55. The zero-order valence-electron chi connectivity index (χ0n) is 13.1. The van der Waals surface area contributed by atoms with Crippen molar-refractivity contribution in [1.29, 1.82) is 0 Å². The summed E-state index contributed by atoms with van der Waals surface area (Å²) in [4.78, 5) is 2.61. The minimum atomic E-state index is 0.539. The Morgan fingerprint density at radius 2 is 2.00 bits per heavy atom. The third-order valence-electron chi connectivity index (χ3n) is 4.27. The summed E-state index contributed by atoms with van der Waals surface area (Å²) in [5.41, 5.74) is 1.43. The third-order valence-corrected chi connectivity index (χ3v) is 4.27. The van der Waals surface area contributed by atoms with Gasteiger partial charge in [0.15, 0.2) is 0 Å². The van der Waals surface area contributed by atoms with E-state index in [1.54, 1.807) is 0 Å². The number of rotatable bonds is 6. The van der Waals surface area contributed by atoms with Gasteiger partial charge in [-0.2, -0.15) is 0 Å². The molecule has 2 atom stereocenters. The monoisotopic (exact) mass is 276 g/mol. The van der Waals surface area contributed by atoms with Crippen molar-refractivity contribution in [1.82, 2.24) is 10.2 Å². The third kappa shape index (κ3) is 3.53. The standard InChI is InChI=1S/C17H28N2O/c1-4-19-12-6-7-15(13-18-3)17(19)14-8-10-16(11-9-14)20-5-2/h8-11,15,17-18H,4-7,12-13H2,1-3H3. The van der Waals surface area contributed by atoms with Crippen molar-refractivity contribution < 1.29 is 4.74 Å². The van der Waals surface area contributed by atoms with Gasteiger partial charge in [-0.3, -0.25) is 4.90 Å². The van der Waals surface area contributed by atoms with E-state index in [9.17, 15) is 0 Å². The molecule has 3 nitrogen and oxygen atoms in total. The first kappa shape index (κ1) is 15.3. The highest BCUT2D eigenvalue weighted by atomic mass is 16.5. The number of piperidine rings is 1. The number of nitrogens with one attached hydrogen (secondary N) is 1. The number of nitrogens with zero attached hydrogens (tertiary/aromatic N) is 1. The predicted octanol–water partition coefficient (Wildman–Crippen LogP) is 3.08. The van der Waals surface area contributed by atoms with Crippen LogP contribution in [0.5, 0.6) is 5.75 Å². The molecular formula is C17H28N2O. The second-order valence-corrected chi connectivity index (χ2v) is 5.54. The van der Waals surface area contributed by atoms with Crippen LogP contribution in [0.25, 0.3) is 0 Å². The van der Waals surface area contributed by atoms with E-state index in [0.29, 0.717) is 12.0 Å². The van der Waals surface area contributed by atoms with Crippen LogP contribution < -0.4 is 10.1 Å². The Hall–Kier alpha value is -1.06. The fraction of sp³-hybridized carbons (Fsp3) is 0.647. The molecule has 1 aromatic rings. The Morgan fingerprint density at radius 1 is 1.25 bits per heavy atom. The molecule has 0 amide bonds. The molecule has 2 unspecified atom stereocenters. The summed E-state index contributed by atoms with van der Waals surface area (Å²) >= 11 is 0. The lowest BCUT2D eigenvalue weighted by atomic mass is 9.84. The summed E-state index contributed by atoms with van der Waals surface area (Å²) in [6, 6.07) is 9.24. The van der Waals surface area contributed by atoms with Crippen LogP contribution in [0.1, 0.15) is 38.3 Å². The number of ether oxygens (including phenoxy) is 1. The molecule has 1 saturated heterocycles. The van der Waals surface area contributed by atoms with Gasteiger partial charge in [0, 0.05) is 6.04 Å². The molecule has 0 aromatic heterocycles. The Morgan fingerprint density at radius 3 is 2.60 bits per heavy atom. The molecule has 3 heteroatoms. The number of likely N-dealkylation sites (tertiary alicyclic amines) is 1. The van der Waals surface area contributed by atoms with Crippen LogP contribution in [-0.2, 0) is 0 Å². The van der Waals surface area contributed by atoms with Gasteiger partial charge in [0.05, 0.1) is 6.61 Å². The van der Waals surface area contributed by atoms with Crippen LogP contribution >= 0.6 is 0 Å². The number of hydrogen-bond acceptors (Lipinski definition) is 3. The van der Waals surface area contributed by atoms with E-state index in [1.807, 2.05) is 6.92 Å². The molecule has 1 aromatic carbocycles. The summed E-state index contributed by atoms with van der Waals surface area (Å²) in [5, 5.41) is 3.36. The quantitative estimate of drug-likeness (QED) is 0.864. The van der Waals surface area contributed by atoms with Crippen LogP contribution in [0.2, 0.25) is 0 Å². The minimum Gasteiger partial charge on any atom is -0.494 e. The molecule has 20 heavy (non-hydrogen) atoms. The first-order valence-corrected chi connectivity index (χ1v) is 7.91. The SMILES string of the molecule is CCOc1ccc(C2C(CNC)CCCN2CC)cc1. The Bertz CT molecular complexity index is 388. The summed E-state index contributed by atoms with van der Waals surface area (Å²) in [6.07, 6.45) is 2.63. The first-order valence-electron chi connectivity index (χ1n) is 7.91. The fourth-order valence-electron chi connectivity index (χ4n) is 3.39. The first-order chi connectivity index (χ1) is 9.80. The normalized spacial score (nSPS) is 23.8. The van der Waals surface area contributed by atoms with Crippen LogP contribution in [0.4, 0.5) is 0 Å². The average molecular weight is 276 g/mol. The van der Waals surface area contributed by atoms with E-state index >= 15 is 0 Å². The van der Waals surface area contributed by atoms with E-state index in [0.717, 1.165) is 25.4 Å². The molecule has 0 saturated carbocycles. The van der Waals surface area contributed by atoms with Crippen LogP contribution in [0, 0.1) is 5.92 Å². The van der Waals surface area contributed by atoms with Gasteiger partial charge in [-0.05, 0) is 70.1 Å². The summed E-state index contributed by atoms with van der Waals surface area (Å²) in [7, 11) is 2.06. The highest BCUT2D eigenvalue weighted by Gasteiger charge is 2.31. The Labute approximate surface area is 123 Å². The van der Waals surface area contributed by atoms with Crippen molar-refractivity contribution in [2.75, 3.05) is 33.3 Å². The largest absolute Gasteiger partial charge is 0.494 e. The van der Waals surface area contributed by atoms with Crippen molar-refractivity contribution in [3.05, 3.63) is 29.8 Å². The van der Waals surface area contributed by atoms with Gasteiger partial charge in [-0.1, -0.05) is 19.1 Å². The maximum absolute atomic E-state index is 5.55. The van der Waals surface area contributed by atoms with Gasteiger partial charge >= 0.3 is 0 Å². The lowest BCUT2D eigenvalue weighted by Gasteiger charge is -2.41. The molecule has 0 aliphatic carbocycles. The smallest absolute Gasteiger partial charge is 0.119 e. The van der Waals surface area contributed by atoms with Crippen LogP contribution in [-0.4, -0.2) is 38.2 Å². The number of hydrogen-bond donors (Lipinski definition) is 1. The highest BCUT2D eigenvalue weighted by Crippen LogP contribution is 2.36. The van der Waals surface area contributed by atoms with E-state index < -0.39 is 0 Å². The lowest BCUT2D eigenvalue weighted by Crippen LogP contribution is -2.41. The maximum Gasteiger partial charge on any atom is 0.119 e. The zero-order valence-corrected chi connectivity index (χ0v) is 13.1. The lowest BCUT2D eigenvalue weighted by molar-refractivity contribution is 0.0981. The molecule has 0 bridgehead atoms. The summed E-state index contributed by atoms with van der Waals surface area (Å²) < 4.78 is 5.55. The van der Waals surface area contributed by atoms with Gasteiger partial charge in [0.2, 0.25) is 0 Å². The Kier molecular flexibility index (Phi) is 5.86. The van der Waals surface area contributed by atoms with E-state index in [4.69, 9.17) is 4.74 Å². The van der Waals surface area contributed by atoms with Gasteiger partial charge in [0.25, 0.3) is 0 Å². The van der Waals surface area contributed by atoms with E-state index in [-0.39, 0.29) is 0 Å². The molecule has 1 heterocycles.